The molecule has 0 unspecified atom stereocenters. The van der Waals surface area contributed by atoms with Gasteiger partial charge < -0.3 is 34.2 Å². The van der Waals surface area contributed by atoms with Crippen LogP contribution in [0.3, 0.4) is 0 Å². The van der Waals surface area contributed by atoms with Crippen LogP contribution in [0.1, 0.15) is 6.42 Å². The quantitative estimate of drug-likeness (QED) is 0.300. The predicted molar refractivity (Wildman–Crippen MR) is 45.5 cm³/mol. The van der Waals surface area contributed by atoms with Crippen molar-refractivity contribution >= 4 is 5.91 Å². The van der Waals surface area contributed by atoms with Gasteiger partial charge >= 0.3 is 0 Å². The molecular formula is C8H17IN2O. The Hall–Kier alpha value is -0.100. The van der Waals surface area contributed by atoms with Crippen molar-refractivity contribution in [3.63, 3.8) is 0 Å². The smallest absolute Gasteiger partial charge is 0.243 e. The summed E-state index contributed by atoms with van der Waals surface area (Å²) in [4.78, 5) is 12.0. The van der Waals surface area contributed by atoms with E-state index in [1.807, 2.05) is 0 Å². The highest BCUT2D eigenvalue weighted by Crippen LogP contribution is 1.70. The number of carbonyl (C=O) groups excluding carboxylic acids is 1. The monoisotopic (exact) mass is 284 g/mol. The van der Waals surface area contributed by atoms with Gasteiger partial charge in [0, 0.05) is 13.0 Å². The second-order valence-corrected chi connectivity index (χ2v) is 2.81. The van der Waals surface area contributed by atoms with Gasteiger partial charge in [-0.15, -0.1) is 0 Å². The van der Waals surface area contributed by atoms with Crippen LogP contribution in [0.5, 0.6) is 0 Å². The molecule has 0 atom stereocenters. The molecular weight excluding hydrogens is 267 g/mol. The van der Waals surface area contributed by atoms with Gasteiger partial charge in [0.25, 0.3) is 0 Å². The van der Waals surface area contributed by atoms with E-state index >= 15 is 0 Å². The number of amides is 1. The summed E-state index contributed by atoms with van der Waals surface area (Å²) in [5, 5.41) is 2.72. The van der Waals surface area contributed by atoms with E-state index in [0.717, 1.165) is 19.5 Å². The summed E-state index contributed by atoms with van der Waals surface area (Å²) < 4.78 is 0. The zero-order valence-electron chi connectivity index (χ0n) is 7.69. The van der Waals surface area contributed by atoms with Crippen LogP contribution in [0.15, 0.2) is 12.7 Å². The SMILES string of the molecule is C=CC(=O)NCCC[NH+](C)C.[I-]. The molecule has 0 radical (unpaired) electrons. The molecule has 0 aliphatic carbocycles. The van der Waals surface area contributed by atoms with E-state index in [0.29, 0.717) is 0 Å². The molecule has 0 saturated heterocycles. The van der Waals surface area contributed by atoms with Crippen LogP contribution in [-0.4, -0.2) is 33.1 Å². The van der Waals surface area contributed by atoms with Gasteiger partial charge in [-0.05, 0) is 6.08 Å². The van der Waals surface area contributed by atoms with Crippen molar-refractivity contribution < 1.29 is 33.7 Å². The maximum atomic E-state index is 10.6. The second kappa shape index (κ2) is 8.99. The van der Waals surface area contributed by atoms with E-state index in [2.05, 4.69) is 26.0 Å². The molecule has 0 bridgehead atoms. The molecule has 0 saturated carbocycles. The fourth-order valence-corrected chi connectivity index (χ4v) is 0.726. The van der Waals surface area contributed by atoms with E-state index in [1.165, 1.54) is 11.0 Å². The molecule has 0 aromatic carbocycles. The Morgan fingerprint density at radius 3 is 2.58 bits per heavy atom. The zero-order valence-corrected chi connectivity index (χ0v) is 9.85. The Bertz CT molecular complexity index is 137. The molecule has 0 aliphatic heterocycles. The van der Waals surface area contributed by atoms with Crippen LogP contribution in [-0.2, 0) is 4.79 Å². The van der Waals surface area contributed by atoms with Crippen molar-refractivity contribution in [3.8, 4) is 0 Å². The van der Waals surface area contributed by atoms with Gasteiger partial charge in [-0.3, -0.25) is 4.79 Å². The molecule has 0 spiro atoms. The van der Waals surface area contributed by atoms with Crippen molar-refractivity contribution in [1.82, 2.24) is 5.32 Å². The van der Waals surface area contributed by atoms with Crippen LogP contribution in [0.4, 0.5) is 0 Å². The first kappa shape index (κ1) is 14.4. The fraction of sp³-hybridized carbons (Fsp3) is 0.625. The maximum Gasteiger partial charge on any atom is 0.243 e. The van der Waals surface area contributed by atoms with Crippen molar-refractivity contribution in [2.45, 2.75) is 6.42 Å². The highest BCUT2D eigenvalue weighted by atomic mass is 127. The molecule has 0 aromatic rings. The molecule has 1 amide bonds. The zero-order chi connectivity index (χ0) is 8.69. The summed E-state index contributed by atoms with van der Waals surface area (Å²) in [6, 6.07) is 0. The minimum Gasteiger partial charge on any atom is -1.00 e. The summed E-state index contributed by atoms with van der Waals surface area (Å²) >= 11 is 0. The van der Waals surface area contributed by atoms with Crippen molar-refractivity contribution in [3.05, 3.63) is 12.7 Å². The predicted octanol–water partition coefficient (Wildman–Crippen LogP) is -4.17. The van der Waals surface area contributed by atoms with E-state index < -0.39 is 0 Å². The first-order valence-electron chi connectivity index (χ1n) is 3.86. The van der Waals surface area contributed by atoms with Crippen LogP contribution in [0.25, 0.3) is 0 Å². The standard InChI is InChI=1S/C8H16N2O.HI/c1-4-8(11)9-6-5-7-10(2)3;/h4H,1,5-7H2,2-3H3,(H,9,11);1H. The number of hydrogen-bond donors (Lipinski definition) is 2. The molecule has 0 rings (SSSR count). The molecule has 72 valence electrons. The van der Waals surface area contributed by atoms with Gasteiger partial charge in [-0.25, -0.2) is 0 Å². The van der Waals surface area contributed by atoms with Crippen LogP contribution in [0.2, 0.25) is 0 Å². The summed E-state index contributed by atoms with van der Waals surface area (Å²) in [5.74, 6) is -0.0845. The van der Waals surface area contributed by atoms with Gasteiger partial charge in [-0.1, -0.05) is 6.58 Å². The Morgan fingerprint density at radius 1 is 1.58 bits per heavy atom. The maximum absolute atomic E-state index is 10.6. The van der Waals surface area contributed by atoms with Gasteiger partial charge in [0.05, 0.1) is 20.6 Å². The fourth-order valence-electron chi connectivity index (χ4n) is 0.726. The molecule has 12 heavy (non-hydrogen) atoms. The molecule has 0 heterocycles. The third kappa shape index (κ3) is 9.90. The first-order chi connectivity index (χ1) is 5.16. The van der Waals surface area contributed by atoms with Gasteiger partial charge in [0.2, 0.25) is 5.91 Å². The van der Waals surface area contributed by atoms with Gasteiger partial charge in [-0.2, -0.15) is 0 Å². The molecule has 3 nitrogen and oxygen atoms in total. The minimum absolute atomic E-state index is 0. The van der Waals surface area contributed by atoms with E-state index in [-0.39, 0.29) is 29.9 Å². The lowest BCUT2D eigenvalue weighted by atomic mass is 10.4. The average Bonchev–Trinajstić information content (AvgIpc) is 1.97. The van der Waals surface area contributed by atoms with E-state index in [4.69, 9.17) is 0 Å². The lowest BCUT2D eigenvalue weighted by Gasteiger charge is -2.06. The Kier molecular flexibility index (Phi) is 10.8. The Labute approximate surface area is 91.2 Å². The van der Waals surface area contributed by atoms with Crippen molar-refractivity contribution in [1.29, 1.82) is 0 Å². The Morgan fingerprint density at radius 2 is 2.17 bits per heavy atom. The highest BCUT2D eigenvalue weighted by Gasteiger charge is 1.94. The number of rotatable bonds is 5. The topological polar surface area (TPSA) is 33.5 Å². The summed E-state index contributed by atoms with van der Waals surface area (Å²) in [5.41, 5.74) is 0. The molecule has 2 N–H and O–H groups in total. The Balaban J connectivity index is 0. The normalized spacial score (nSPS) is 8.92. The number of hydrogen-bond acceptors (Lipinski definition) is 1. The third-order valence-electron chi connectivity index (χ3n) is 1.34. The molecule has 0 aliphatic rings. The molecule has 4 heteroatoms. The summed E-state index contributed by atoms with van der Waals surface area (Å²) in [6.45, 7) is 5.18. The molecule has 0 aromatic heterocycles. The van der Waals surface area contributed by atoms with Gasteiger partial charge in [0.15, 0.2) is 0 Å². The minimum atomic E-state index is -0.0845. The number of halogens is 1. The largest absolute Gasteiger partial charge is 1.00 e. The lowest BCUT2D eigenvalue weighted by molar-refractivity contribution is -0.858. The van der Waals surface area contributed by atoms with Crippen LogP contribution in [0, 0.1) is 0 Å². The summed E-state index contributed by atoms with van der Waals surface area (Å²) in [7, 11) is 4.19. The number of quaternary nitrogens is 1. The van der Waals surface area contributed by atoms with E-state index in [9.17, 15) is 4.79 Å². The van der Waals surface area contributed by atoms with Crippen LogP contribution >= 0.6 is 0 Å². The summed E-state index contributed by atoms with van der Waals surface area (Å²) in [6.07, 6.45) is 2.31. The first-order valence-corrected chi connectivity index (χ1v) is 3.86. The van der Waals surface area contributed by atoms with E-state index in [1.54, 1.807) is 0 Å². The third-order valence-corrected chi connectivity index (χ3v) is 1.34. The highest BCUT2D eigenvalue weighted by molar-refractivity contribution is 5.86. The van der Waals surface area contributed by atoms with Crippen molar-refractivity contribution in [2.24, 2.45) is 0 Å². The number of carbonyl (C=O) groups is 1. The molecule has 0 fully saturated rings. The lowest BCUT2D eigenvalue weighted by Crippen LogP contribution is -3.05. The second-order valence-electron chi connectivity index (χ2n) is 2.81. The van der Waals surface area contributed by atoms with Gasteiger partial charge in [0.1, 0.15) is 0 Å². The van der Waals surface area contributed by atoms with Crippen LogP contribution < -0.4 is 34.2 Å². The number of nitrogens with one attached hydrogen (secondary N) is 2. The average molecular weight is 284 g/mol. The van der Waals surface area contributed by atoms with Crippen molar-refractivity contribution in [2.75, 3.05) is 27.2 Å².